The second kappa shape index (κ2) is 17.5. The van der Waals surface area contributed by atoms with E-state index in [9.17, 15) is 4.79 Å². The molecule has 3 aromatic carbocycles. The van der Waals surface area contributed by atoms with E-state index in [0.717, 1.165) is 60.7 Å². The van der Waals surface area contributed by atoms with Crippen LogP contribution in [-0.4, -0.2) is 77.1 Å². The first-order valence-electron chi connectivity index (χ1n) is 15.2. The lowest BCUT2D eigenvalue weighted by Gasteiger charge is -2.32. The maximum atomic E-state index is 11.5. The predicted molar refractivity (Wildman–Crippen MR) is 168 cm³/mol. The van der Waals surface area contributed by atoms with E-state index < -0.39 is 0 Å². The average molecular weight is 591 g/mol. The monoisotopic (exact) mass is 590 g/mol. The van der Waals surface area contributed by atoms with Gasteiger partial charge in [-0.2, -0.15) is 0 Å². The van der Waals surface area contributed by atoms with E-state index in [1.165, 1.54) is 5.56 Å². The minimum Gasteiger partial charge on any atom is -0.496 e. The van der Waals surface area contributed by atoms with Gasteiger partial charge in [-0.3, -0.25) is 4.79 Å². The summed E-state index contributed by atoms with van der Waals surface area (Å²) in [7, 11) is 3.49. The summed E-state index contributed by atoms with van der Waals surface area (Å²) in [4.78, 5) is 13.3. The Kier molecular flexibility index (Phi) is 13.2. The first kappa shape index (κ1) is 32.3. The second-order valence-electron chi connectivity index (χ2n) is 10.8. The molecule has 43 heavy (non-hydrogen) atoms. The molecular formula is C35H46N2O6. The first-order chi connectivity index (χ1) is 21.0. The highest BCUT2D eigenvalue weighted by Crippen LogP contribution is 2.29. The molecule has 1 N–H and O–H groups in total. The van der Waals surface area contributed by atoms with Gasteiger partial charge in [0.1, 0.15) is 23.9 Å². The topological polar surface area (TPSA) is 78.5 Å². The maximum absolute atomic E-state index is 11.5. The molecule has 8 heteroatoms. The fourth-order valence-electron chi connectivity index (χ4n) is 5.20. The zero-order valence-electron chi connectivity index (χ0n) is 25.8. The number of likely N-dealkylation sites (N-methyl/N-ethyl adjacent to an activating group) is 1. The summed E-state index contributed by atoms with van der Waals surface area (Å²) >= 11 is 0. The fourth-order valence-corrected chi connectivity index (χ4v) is 5.20. The van der Waals surface area contributed by atoms with Gasteiger partial charge in [-0.05, 0) is 54.8 Å². The number of ether oxygens (including phenoxy) is 5. The molecule has 4 rings (SSSR count). The van der Waals surface area contributed by atoms with Gasteiger partial charge < -0.3 is 33.9 Å². The molecule has 0 aromatic heterocycles. The Morgan fingerprint density at radius 1 is 0.884 bits per heavy atom. The lowest BCUT2D eigenvalue weighted by Crippen LogP contribution is -2.41. The molecule has 1 aliphatic rings. The number of nitrogens with one attached hydrogen (secondary N) is 1. The smallest absolute Gasteiger partial charge is 0.219 e. The van der Waals surface area contributed by atoms with Crippen LogP contribution < -0.4 is 19.5 Å². The Labute approximate surface area is 256 Å². The van der Waals surface area contributed by atoms with Crippen molar-refractivity contribution in [1.29, 1.82) is 0 Å². The zero-order chi connectivity index (χ0) is 30.3. The third-order valence-electron chi connectivity index (χ3n) is 7.79. The van der Waals surface area contributed by atoms with Gasteiger partial charge in [0.2, 0.25) is 5.91 Å². The Morgan fingerprint density at radius 3 is 2.40 bits per heavy atom. The van der Waals surface area contributed by atoms with E-state index in [4.69, 9.17) is 23.7 Å². The number of para-hydroxylation sites is 2. The van der Waals surface area contributed by atoms with E-state index in [0.29, 0.717) is 45.5 Å². The highest BCUT2D eigenvalue weighted by Gasteiger charge is 2.27. The molecule has 0 spiro atoms. The Bertz CT molecular complexity index is 1250. The maximum Gasteiger partial charge on any atom is 0.219 e. The molecule has 0 aliphatic carbocycles. The van der Waals surface area contributed by atoms with Crippen LogP contribution in [0.25, 0.3) is 0 Å². The van der Waals surface area contributed by atoms with E-state index in [1.807, 2.05) is 61.6 Å². The molecule has 0 radical (unpaired) electrons. The number of benzene rings is 3. The molecule has 8 nitrogen and oxygen atoms in total. The minimum atomic E-state index is 0.0618. The quantitative estimate of drug-likeness (QED) is 0.215. The Hall–Kier alpha value is -3.59. The molecule has 3 aromatic rings. The van der Waals surface area contributed by atoms with Crippen LogP contribution in [0.1, 0.15) is 42.4 Å². The van der Waals surface area contributed by atoms with Crippen molar-refractivity contribution in [2.24, 2.45) is 0 Å². The Morgan fingerprint density at radius 2 is 1.63 bits per heavy atom. The van der Waals surface area contributed by atoms with E-state index >= 15 is 0 Å². The molecule has 2 unspecified atom stereocenters. The summed E-state index contributed by atoms with van der Waals surface area (Å²) in [5.41, 5.74) is 3.40. The van der Waals surface area contributed by atoms with Gasteiger partial charge >= 0.3 is 0 Å². The van der Waals surface area contributed by atoms with Gasteiger partial charge in [0.15, 0.2) is 0 Å². The minimum absolute atomic E-state index is 0.0618. The number of hydrogen-bond donors (Lipinski definition) is 1. The zero-order valence-corrected chi connectivity index (χ0v) is 25.8. The van der Waals surface area contributed by atoms with Crippen molar-refractivity contribution in [2.75, 3.05) is 60.2 Å². The van der Waals surface area contributed by atoms with E-state index in [2.05, 4.69) is 23.5 Å². The number of carbonyl (C=O) groups is 1. The molecule has 1 heterocycles. The van der Waals surface area contributed by atoms with Gasteiger partial charge in [-0.1, -0.05) is 48.5 Å². The van der Waals surface area contributed by atoms with Crippen LogP contribution in [0.5, 0.6) is 17.2 Å². The van der Waals surface area contributed by atoms with Crippen LogP contribution in [0.15, 0.2) is 72.8 Å². The summed E-state index contributed by atoms with van der Waals surface area (Å²) in [5, 5.41) is 3.47. The largest absolute Gasteiger partial charge is 0.496 e. The second-order valence-corrected chi connectivity index (χ2v) is 10.8. The van der Waals surface area contributed by atoms with Crippen molar-refractivity contribution >= 4 is 5.91 Å². The summed E-state index contributed by atoms with van der Waals surface area (Å²) in [6.07, 6.45) is 2.65. The summed E-state index contributed by atoms with van der Waals surface area (Å²) in [5.74, 6) is 2.93. The average Bonchev–Trinajstić information content (AvgIpc) is 3.04. The van der Waals surface area contributed by atoms with Crippen molar-refractivity contribution in [3.05, 3.63) is 89.5 Å². The molecule has 1 fully saturated rings. The summed E-state index contributed by atoms with van der Waals surface area (Å²) in [6.45, 7) is 6.74. The number of carbonyl (C=O) groups excluding carboxylic acids is 1. The van der Waals surface area contributed by atoms with Crippen molar-refractivity contribution in [3.63, 3.8) is 0 Å². The molecule has 1 saturated heterocycles. The van der Waals surface area contributed by atoms with Crippen LogP contribution in [-0.2, 0) is 27.3 Å². The van der Waals surface area contributed by atoms with Crippen molar-refractivity contribution in [3.8, 4) is 17.2 Å². The molecule has 0 saturated carbocycles. The molecule has 232 valence electrons. The van der Waals surface area contributed by atoms with Crippen molar-refractivity contribution < 1.29 is 28.5 Å². The first-order valence-corrected chi connectivity index (χ1v) is 15.2. The van der Waals surface area contributed by atoms with Crippen LogP contribution in [0, 0.1) is 0 Å². The van der Waals surface area contributed by atoms with Crippen molar-refractivity contribution in [2.45, 2.75) is 44.8 Å². The van der Waals surface area contributed by atoms with Gasteiger partial charge in [-0.15, -0.1) is 0 Å². The van der Waals surface area contributed by atoms with Gasteiger partial charge in [0.05, 0.1) is 39.6 Å². The number of piperidine rings is 1. The van der Waals surface area contributed by atoms with Gasteiger partial charge in [0.25, 0.3) is 0 Å². The number of methoxy groups -OCH3 is 1. The number of nitrogens with zero attached hydrogens (tertiary/aromatic N) is 1. The lowest BCUT2D eigenvalue weighted by molar-refractivity contribution is -0.127. The third kappa shape index (κ3) is 10.3. The lowest BCUT2D eigenvalue weighted by atomic mass is 9.88. The number of hydrogen-bond acceptors (Lipinski definition) is 7. The predicted octanol–water partition coefficient (Wildman–Crippen LogP) is 5.24. The van der Waals surface area contributed by atoms with Crippen LogP contribution in [0.3, 0.4) is 0 Å². The molecule has 2 atom stereocenters. The summed E-state index contributed by atoms with van der Waals surface area (Å²) < 4.78 is 29.6. The number of rotatable bonds is 17. The van der Waals surface area contributed by atoms with Gasteiger partial charge in [0, 0.05) is 45.0 Å². The summed E-state index contributed by atoms with van der Waals surface area (Å²) in [6, 6.07) is 24.3. The molecular weight excluding hydrogens is 544 g/mol. The normalized spacial score (nSPS) is 16.4. The van der Waals surface area contributed by atoms with E-state index in [-0.39, 0.29) is 12.0 Å². The van der Waals surface area contributed by atoms with E-state index in [1.54, 1.807) is 18.9 Å². The molecule has 1 amide bonds. The highest BCUT2D eigenvalue weighted by molar-refractivity contribution is 5.72. The van der Waals surface area contributed by atoms with Gasteiger partial charge in [-0.25, -0.2) is 0 Å². The third-order valence-corrected chi connectivity index (χ3v) is 7.79. The van der Waals surface area contributed by atoms with Crippen LogP contribution >= 0.6 is 0 Å². The highest BCUT2D eigenvalue weighted by atomic mass is 16.5. The number of amides is 1. The SMILES string of the molecule is COc1ccccc1COCCCOc1ccc(C2CCNCC2OCCOc2ccccc2CCN(C)C(C)=O)cc1. The van der Waals surface area contributed by atoms with Crippen molar-refractivity contribution in [1.82, 2.24) is 10.2 Å². The van der Waals surface area contributed by atoms with Crippen LogP contribution in [0.4, 0.5) is 0 Å². The molecule has 1 aliphatic heterocycles. The standard InChI is InChI=1S/C35H46N2O6/c1-27(38)37(2)20-18-29-9-4-7-12-34(29)42-23-24-43-35-25-36-19-17-32(35)28-13-15-31(16-14-28)41-22-8-21-40-26-30-10-5-6-11-33(30)39-3/h4-7,9-16,32,35-36H,8,17-26H2,1-3H3. The van der Waals surface area contributed by atoms with Crippen LogP contribution in [0.2, 0.25) is 0 Å². The Balaban J connectivity index is 1.17. The fraction of sp³-hybridized carbons (Fsp3) is 0.457. The molecule has 0 bridgehead atoms.